The molecule has 1 aromatic heterocycles. The molecule has 2 N–H and O–H groups in total. The first-order chi connectivity index (χ1) is 20.3. The Morgan fingerprint density at radius 3 is 2.50 bits per heavy atom. The van der Waals surface area contributed by atoms with Gasteiger partial charge in [0.15, 0.2) is 11.5 Å². The minimum Gasteiger partial charge on any atom is -0.504 e. The lowest BCUT2D eigenvalue weighted by atomic mass is 9.94. The average Bonchev–Trinajstić information content (AvgIpc) is 3.46. The topological polar surface area (TPSA) is 122 Å². The zero-order valence-electron chi connectivity index (χ0n) is 22.9. The molecule has 0 aliphatic heterocycles. The molecule has 0 radical (unpaired) electrons. The fraction of sp³-hybridized carbons (Fsp3) is 0.300. The van der Waals surface area contributed by atoms with Gasteiger partial charge in [-0.05, 0) is 84.3 Å². The van der Waals surface area contributed by atoms with E-state index in [1.807, 2.05) is 0 Å². The summed E-state index contributed by atoms with van der Waals surface area (Å²) in [7, 11) is 1.40. The fourth-order valence-corrected chi connectivity index (χ4v) is 5.20. The summed E-state index contributed by atoms with van der Waals surface area (Å²) in [6.45, 7) is -0.361. The number of carbonyl (C=O) groups excluding carboxylic acids is 2. The van der Waals surface area contributed by atoms with E-state index in [1.54, 1.807) is 30.3 Å². The zero-order chi connectivity index (χ0) is 29.6. The van der Waals surface area contributed by atoms with Crippen LogP contribution in [0.3, 0.4) is 0 Å². The van der Waals surface area contributed by atoms with Crippen LogP contribution in [0.2, 0.25) is 5.02 Å². The third-order valence-electron chi connectivity index (χ3n) is 7.18. The minimum atomic E-state index is -1.18. The van der Waals surface area contributed by atoms with E-state index in [2.05, 4.69) is 20.7 Å². The van der Waals surface area contributed by atoms with Crippen molar-refractivity contribution >= 4 is 29.1 Å². The number of phenolic OH excluding ortho intramolecular Hbond substituents is 1. The summed E-state index contributed by atoms with van der Waals surface area (Å²) in [6.07, 6.45) is 4.76. The number of rotatable bonds is 9. The number of amides is 2. The van der Waals surface area contributed by atoms with Crippen molar-refractivity contribution in [2.75, 3.05) is 12.0 Å². The van der Waals surface area contributed by atoms with Crippen LogP contribution >= 0.6 is 11.6 Å². The summed E-state index contributed by atoms with van der Waals surface area (Å²) < 4.78 is 19.3. The van der Waals surface area contributed by atoms with E-state index in [9.17, 15) is 19.1 Å². The van der Waals surface area contributed by atoms with Gasteiger partial charge in [0.1, 0.15) is 18.4 Å². The Morgan fingerprint density at radius 2 is 1.81 bits per heavy atom. The lowest BCUT2D eigenvalue weighted by Crippen LogP contribution is -2.48. The van der Waals surface area contributed by atoms with Gasteiger partial charge < -0.3 is 15.2 Å². The first kappa shape index (κ1) is 29.0. The molecule has 1 unspecified atom stereocenters. The van der Waals surface area contributed by atoms with Crippen molar-refractivity contribution in [3.8, 4) is 22.9 Å². The van der Waals surface area contributed by atoms with Gasteiger partial charge >= 0.3 is 0 Å². The summed E-state index contributed by atoms with van der Waals surface area (Å²) in [5.74, 6) is -1.14. The monoisotopic (exact) mass is 592 g/mol. The highest BCUT2D eigenvalue weighted by molar-refractivity contribution is 6.30. The van der Waals surface area contributed by atoms with E-state index < -0.39 is 23.7 Å². The Kier molecular flexibility index (Phi) is 8.97. The Hall–Kier alpha value is -4.51. The lowest BCUT2D eigenvalue weighted by molar-refractivity contribution is -0.127. The van der Waals surface area contributed by atoms with Gasteiger partial charge in [-0.2, -0.15) is 4.80 Å². The van der Waals surface area contributed by atoms with E-state index in [1.165, 1.54) is 48.4 Å². The van der Waals surface area contributed by atoms with Crippen LogP contribution in [0.15, 0.2) is 66.7 Å². The maximum absolute atomic E-state index is 14.0. The molecule has 218 valence electrons. The van der Waals surface area contributed by atoms with Gasteiger partial charge in [0, 0.05) is 22.3 Å². The molecule has 0 bridgehead atoms. The number of aromatic hydroxyl groups is 1. The average molecular weight is 593 g/mol. The molecule has 12 heteroatoms. The summed E-state index contributed by atoms with van der Waals surface area (Å²) in [4.78, 5) is 30.5. The second-order valence-electron chi connectivity index (χ2n) is 10.1. The number of tetrazole rings is 1. The molecule has 4 aromatic rings. The largest absolute Gasteiger partial charge is 0.504 e. The van der Waals surface area contributed by atoms with Crippen molar-refractivity contribution in [1.29, 1.82) is 0 Å². The maximum atomic E-state index is 14.0. The quantitative estimate of drug-likeness (QED) is 0.278. The molecule has 1 aliphatic rings. The smallest absolute Gasteiger partial charge is 0.251 e. The number of nitrogens with one attached hydrogen (secondary N) is 1. The van der Waals surface area contributed by atoms with Crippen molar-refractivity contribution in [1.82, 2.24) is 25.5 Å². The van der Waals surface area contributed by atoms with Gasteiger partial charge in [-0.1, -0.05) is 36.9 Å². The summed E-state index contributed by atoms with van der Waals surface area (Å²) in [5, 5.41) is 26.3. The number of nitrogens with zero attached hydrogens (tertiary/aromatic N) is 5. The van der Waals surface area contributed by atoms with Crippen molar-refractivity contribution in [3.05, 3.63) is 83.1 Å². The number of ether oxygens (including phenoxy) is 1. The van der Waals surface area contributed by atoms with Crippen LogP contribution in [0.5, 0.6) is 11.5 Å². The van der Waals surface area contributed by atoms with Gasteiger partial charge in [-0.3, -0.25) is 14.5 Å². The summed E-state index contributed by atoms with van der Waals surface area (Å²) in [6, 6.07) is 15.4. The Morgan fingerprint density at radius 1 is 1.10 bits per heavy atom. The molecule has 42 heavy (non-hydrogen) atoms. The second-order valence-corrected chi connectivity index (χ2v) is 10.5. The van der Waals surface area contributed by atoms with E-state index in [0.717, 1.165) is 36.9 Å². The van der Waals surface area contributed by atoms with Crippen LogP contribution in [0.4, 0.5) is 10.1 Å². The first-order valence-corrected chi connectivity index (χ1v) is 14.0. The van der Waals surface area contributed by atoms with Gasteiger partial charge in [-0.25, -0.2) is 4.39 Å². The molecule has 1 aliphatic carbocycles. The lowest BCUT2D eigenvalue weighted by Gasteiger charge is -2.33. The van der Waals surface area contributed by atoms with E-state index in [4.69, 9.17) is 16.3 Å². The number of benzene rings is 3. The number of carbonyl (C=O) groups is 2. The van der Waals surface area contributed by atoms with E-state index >= 15 is 0 Å². The number of methoxy groups -OCH3 is 1. The van der Waals surface area contributed by atoms with Crippen LogP contribution in [0.1, 0.15) is 43.7 Å². The summed E-state index contributed by atoms with van der Waals surface area (Å²) >= 11 is 5.98. The van der Waals surface area contributed by atoms with E-state index in [-0.39, 0.29) is 29.8 Å². The van der Waals surface area contributed by atoms with Crippen LogP contribution in [0.25, 0.3) is 11.4 Å². The third kappa shape index (κ3) is 6.68. The van der Waals surface area contributed by atoms with Crippen molar-refractivity contribution in [3.63, 3.8) is 0 Å². The molecule has 5 rings (SSSR count). The number of hydrogen-bond donors (Lipinski definition) is 2. The SMILES string of the molecule is COc1cc(C(C(=O)NC2CCCCC2)N(C(=O)Cn2nnc(-c3ccc(Cl)cc3)n2)c2ccc(F)cc2)ccc1O. The minimum absolute atomic E-state index is 0.0446. The summed E-state index contributed by atoms with van der Waals surface area (Å²) in [5.41, 5.74) is 1.34. The fourth-order valence-electron chi connectivity index (χ4n) is 5.07. The molecule has 0 spiro atoms. The molecule has 1 saturated carbocycles. The maximum Gasteiger partial charge on any atom is 0.251 e. The van der Waals surface area contributed by atoms with Crippen LogP contribution < -0.4 is 15.0 Å². The predicted octanol–water partition coefficient (Wildman–Crippen LogP) is 5.07. The van der Waals surface area contributed by atoms with Crippen molar-refractivity contribution in [2.24, 2.45) is 0 Å². The highest BCUT2D eigenvalue weighted by Gasteiger charge is 2.35. The predicted molar refractivity (Wildman–Crippen MR) is 155 cm³/mol. The third-order valence-corrected chi connectivity index (χ3v) is 7.44. The highest BCUT2D eigenvalue weighted by Crippen LogP contribution is 2.34. The van der Waals surface area contributed by atoms with Gasteiger partial charge in [0.2, 0.25) is 11.7 Å². The Balaban J connectivity index is 1.53. The number of anilines is 1. The molecule has 1 fully saturated rings. The molecule has 2 amide bonds. The van der Waals surface area contributed by atoms with Crippen LogP contribution in [0, 0.1) is 5.82 Å². The Labute approximate surface area is 247 Å². The second kappa shape index (κ2) is 13.0. The van der Waals surface area contributed by atoms with Gasteiger partial charge in [0.25, 0.3) is 5.91 Å². The molecule has 1 atom stereocenters. The highest BCUT2D eigenvalue weighted by atomic mass is 35.5. The number of halogens is 2. The zero-order valence-corrected chi connectivity index (χ0v) is 23.7. The van der Waals surface area contributed by atoms with Crippen molar-refractivity contribution in [2.45, 2.75) is 50.7 Å². The molecular weight excluding hydrogens is 563 g/mol. The van der Waals surface area contributed by atoms with Crippen LogP contribution in [-0.4, -0.2) is 50.3 Å². The standard InChI is InChI=1S/C30H30ClFN6O4/c1-42-26-17-20(9-16-25(26)39)28(30(41)33-23-5-3-2-4-6-23)38(24-14-12-22(32)13-15-24)27(40)18-37-35-29(34-36-37)19-7-10-21(31)11-8-19/h7-17,23,28,39H,2-6,18H2,1H3,(H,33,41). The number of phenols is 1. The van der Waals surface area contributed by atoms with Crippen LogP contribution in [-0.2, 0) is 16.1 Å². The molecule has 10 nitrogen and oxygen atoms in total. The molecule has 0 saturated heterocycles. The Bertz CT molecular complexity index is 1540. The number of aromatic nitrogens is 4. The first-order valence-electron chi connectivity index (χ1n) is 13.6. The van der Waals surface area contributed by atoms with Crippen molar-refractivity contribution < 1.29 is 23.8 Å². The molecule has 1 heterocycles. The van der Waals surface area contributed by atoms with Gasteiger partial charge in [0.05, 0.1) is 7.11 Å². The molecule has 3 aromatic carbocycles. The van der Waals surface area contributed by atoms with E-state index in [0.29, 0.717) is 22.0 Å². The normalized spacial score (nSPS) is 14.3. The molecular formula is C30H30ClFN6O4. The van der Waals surface area contributed by atoms with Gasteiger partial charge in [-0.15, -0.1) is 10.2 Å². The number of hydrogen-bond acceptors (Lipinski definition) is 7.